The molecule has 0 saturated carbocycles. The third-order valence-corrected chi connectivity index (χ3v) is 5.55. The van der Waals surface area contributed by atoms with Crippen molar-refractivity contribution in [3.05, 3.63) is 53.0 Å². The van der Waals surface area contributed by atoms with E-state index in [-0.39, 0.29) is 5.82 Å². The Bertz CT molecular complexity index is 697. The molecule has 2 aliphatic heterocycles. The summed E-state index contributed by atoms with van der Waals surface area (Å²) < 4.78 is 18.9. The van der Waals surface area contributed by atoms with E-state index in [9.17, 15) is 4.39 Å². The lowest BCUT2D eigenvalue weighted by atomic mass is 9.84. The standard InChI is InChI=1S/C19H23FN2O/c1-12-7-14(3-6-19(12)20)15-8-17-4-5-18(9-15)22(17)10-16-11-23-13(2)21-16/h3,6-7,11,15,17-18H,4-5,8-10H2,1-2H3/t15?,17-,18+. The van der Waals surface area contributed by atoms with Crippen molar-refractivity contribution in [1.82, 2.24) is 9.88 Å². The van der Waals surface area contributed by atoms with Gasteiger partial charge in [0.15, 0.2) is 5.89 Å². The first-order valence-corrected chi connectivity index (χ1v) is 8.53. The Morgan fingerprint density at radius 1 is 1.22 bits per heavy atom. The Balaban J connectivity index is 1.49. The molecule has 2 aliphatic rings. The van der Waals surface area contributed by atoms with Crippen molar-refractivity contribution < 1.29 is 8.81 Å². The van der Waals surface area contributed by atoms with Crippen LogP contribution in [0.3, 0.4) is 0 Å². The van der Waals surface area contributed by atoms with Gasteiger partial charge in [0.2, 0.25) is 0 Å². The summed E-state index contributed by atoms with van der Waals surface area (Å²) in [6, 6.07) is 6.86. The highest BCUT2D eigenvalue weighted by molar-refractivity contribution is 5.28. The van der Waals surface area contributed by atoms with Crippen LogP contribution in [0.4, 0.5) is 4.39 Å². The maximum Gasteiger partial charge on any atom is 0.191 e. The largest absolute Gasteiger partial charge is 0.449 e. The van der Waals surface area contributed by atoms with Crippen LogP contribution in [0.1, 0.15) is 54.3 Å². The lowest BCUT2D eigenvalue weighted by molar-refractivity contribution is 0.117. The zero-order valence-electron chi connectivity index (χ0n) is 13.8. The average Bonchev–Trinajstić information content (AvgIpc) is 3.02. The number of hydrogen-bond donors (Lipinski definition) is 0. The van der Waals surface area contributed by atoms with Crippen molar-refractivity contribution in [3.63, 3.8) is 0 Å². The molecule has 4 heteroatoms. The molecule has 0 spiro atoms. The van der Waals surface area contributed by atoms with Crippen molar-refractivity contribution in [2.75, 3.05) is 0 Å². The number of benzene rings is 1. The van der Waals surface area contributed by atoms with E-state index in [1.165, 1.54) is 31.2 Å². The summed E-state index contributed by atoms with van der Waals surface area (Å²) in [6.07, 6.45) is 6.64. The van der Waals surface area contributed by atoms with Crippen LogP contribution in [-0.2, 0) is 6.54 Å². The molecule has 2 fully saturated rings. The lowest BCUT2D eigenvalue weighted by Crippen LogP contribution is -2.41. The Kier molecular flexibility index (Phi) is 3.72. The molecule has 0 N–H and O–H groups in total. The molecule has 1 aromatic heterocycles. The zero-order valence-corrected chi connectivity index (χ0v) is 13.8. The van der Waals surface area contributed by atoms with Crippen LogP contribution < -0.4 is 0 Å². The molecule has 1 unspecified atom stereocenters. The van der Waals surface area contributed by atoms with Gasteiger partial charge in [-0.3, -0.25) is 4.90 Å². The normalized spacial score (nSPS) is 27.5. The molecule has 0 aliphatic carbocycles. The highest BCUT2D eigenvalue weighted by atomic mass is 19.1. The topological polar surface area (TPSA) is 29.3 Å². The number of piperidine rings is 1. The number of halogens is 1. The minimum absolute atomic E-state index is 0.101. The van der Waals surface area contributed by atoms with Crippen LogP contribution in [0.15, 0.2) is 28.9 Å². The second-order valence-corrected chi connectivity index (χ2v) is 7.09. The van der Waals surface area contributed by atoms with E-state index in [1.807, 2.05) is 26.0 Å². The molecule has 23 heavy (non-hydrogen) atoms. The van der Waals surface area contributed by atoms with Crippen molar-refractivity contribution in [1.29, 1.82) is 0 Å². The molecule has 0 radical (unpaired) electrons. The third-order valence-electron chi connectivity index (χ3n) is 5.55. The molecule has 4 rings (SSSR count). The number of aryl methyl sites for hydroxylation is 2. The Hall–Kier alpha value is -1.68. The molecular formula is C19H23FN2O. The Labute approximate surface area is 136 Å². The lowest BCUT2D eigenvalue weighted by Gasteiger charge is -2.38. The summed E-state index contributed by atoms with van der Waals surface area (Å²) in [6.45, 7) is 4.64. The fraction of sp³-hybridized carbons (Fsp3) is 0.526. The summed E-state index contributed by atoms with van der Waals surface area (Å²) in [5.74, 6) is 1.20. The number of hydrogen-bond acceptors (Lipinski definition) is 3. The molecule has 0 amide bonds. The van der Waals surface area contributed by atoms with Crippen LogP contribution in [0.5, 0.6) is 0 Å². The minimum atomic E-state index is -0.101. The van der Waals surface area contributed by atoms with E-state index >= 15 is 0 Å². The monoisotopic (exact) mass is 314 g/mol. The maximum atomic E-state index is 13.5. The number of aromatic nitrogens is 1. The molecule has 3 heterocycles. The number of nitrogens with zero attached hydrogens (tertiary/aromatic N) is 2. The van der Waals surface area contributed by atoms with E-state index in [1.54, 1.807) is 12.3 Å². The molecule has 1 aromatic carbocycles. The van der Waals surface area contributed by atoms with Crippen LogP contribution in [0, 0.1) is 19.7 Å². The van der Waals surface area contributed by atoms with Crippen LogP contribution >= 0.6 is 0 Å². The fourth-order valence-corrected chi connectivity index (χ4v) is 4.39. The van der Waals surface area contributed by atoms with Gasteiger partial charge < -0.3 is 4.42 Å². The third kappa shape index (κ3) is 2.80. The molecule has 2 bridgehead atoms. The van der Waals surface area contributed by atoms with Gasteiger partial charge in [-0.15, -0.1) is 0 Å². The Morgan fingerprint density at radius 2 is 1.96 bits per heavy atom. The summed E-state index contributed by atoms with van der Waals surface area (Å²) in [4.78, 5) is 7.05. The van der Waals surface area contributed by atoms with Gasteiger partial charge in [-0.1, -0.05) is 12.1 Å². The van der Waals surface area contributed by atoms with Gasteiger partial charge in [-0.05, 0) is 55.7 Å². The van der Waals surface area contributed by atoms with Gasteiger partial charge in [-0.2, -0.15) is 0 Å². The molecule has 2 saturated heterocycles. The quantitative estimate of drug-likeness (QED) is 0.844. The molecule has 2 aromatic rings. The maximum absolute atomic E-state index is 13.5. The van der Waals surface area contributed by atoms with Crippen LogP contribution in [-0.4, -0.2) is 22.0 Å². The summed E-state index contributed by atoms with van der Waals surface area (Å²) in [5.41, 5.74) is 3.10. The second-order valence-electron chi connectivity index (χ2n) is 7.09. The van der Waals surface area contributed by atoms with Gasteiger partial charge in [0.25, 0.3) is 0 Å². The van der Waals surface area contributed by atoms with E-state index in [0.29, 0.717) is 18.0 Å². The van der Waals surface area contributed by atoms with Crippen molar-refractivity contribution in [2.24, 2.45) is 0 Å². The van der Waals surface area contributed by atoms with Gasteiger partial charge in [0, 0.05) is 25.6 Å². The van der Waals surface area contributed by atoms with E-state index in [4.69, 9.17) is 4.42 Å². The number of oxazole rings is 1. The van der Waals surface area contributed by atoms with Gasteiger partial charge >= 0.3 is 0 Å². The van der Waals surface area contributed by atoms with Crippen molar-refractivity contribution in [2.45, 2.75) is 64.1 Å². The zero-order chi connectivity index (χ0) is 16.0. The smallest absolute Gasteiger partial charge is 0.191 e. The van der Waals surface area contributed by atoms with Crippen molar-refractivity contribution in [3.8, 4) is 0 Å². The van der Waals surface area contributed by atoms with Gasteiger partial charge in [-0.25, -0.2) is 9.37 Å². The van der Waals surface area contributed by atoms with E-state index < -0.39 is 0 Å². The first kappa shape index (κ1) is 14.9. The summed E-state index contributed by atoms with van der Waals surface area (Å²) >= 11 is 0. The second kappa shape index (κ2) is 5.75. The van der Waals surface area contributed by atoms with Crippen molar-refractivity contribution >= 4 is 0 Å². The minimum Gasteiger partial charge on any atom is -0.449 e. The fourth-order valence-electron chi connectivity index (χ4n) is 4.39. The highest BCUT2D eigenvalue weighted by Crippen LogP contribution is 2.43. The molecule has 122 valence electrons. The van der Waals surface area contributed by atoms with Crippen LogP contribution in [0.25, 0.3) is 0 Å². The molecule has 3 atom stereocenters. The number of rotatable bonds is 3. The molecule has 3 nitrogen and oxygen atoms in total. The summed E-state index contributed by atoms with van der Waals surface area (Å²) in [7, 11) is 0. The van der Waals surface area contributed by atoms with E-state index in [2.05, 4.69) is 9.88 Å². The highest BCUT2D eigenvalue weighted by Gasteiger charge is 2.41. The Morgan fingerprint density at radius 3 is 2.57 bits per heavy atom. The number of fused-ring (bicyclic) bond motifs is 2. The molecular weight excluding hydrogens is 291 g/mol. The first-order chi connectivity index (χ1) is 11.1. The predicted molar refractivity (Wildman–Crippen MR) is 86.7 cm³/mol. The first-order valence-electron chi connectivity index (χ1n) is 8.53. The van der Waals surface area contributed by atoms with E-state index in [0.717, 1.165) is 23.7 Å². The SMILES string of the molecule is Cc1nc(CN2[C@@H]3CC[C@H]2CC(c2ccc(F)c(C)c2)C3)co1. The average molecular weight is 314 g/mol. The predicted octanol–water partition coefficient (Wildman–Crippen LogP) is 4.34. The van der Waals surface area contributed by atoms with Gasteiger partial charge in [0.1, 0.15) is 12.1 Å². The van der Waals surface area contributed by atoms with Crippen LogP contribution in [0.2, 0.25) is 0 Å². The summed E-state index contributed by atoms with van der Waals surface area (Å²) in [5, 5.41) is 0. The van der Waals surface area contributed by atoms with Gasteiger partial charge in [0.05, 0.1) is 5.69 Å².